The standard InChI is InChI=1S/2C18H19NO3S.Mg/c2*1-22-15-6-7-17-14(10-15)12-19(8-9-23-17)11-13-4-2-3-5-16(13)18(20)21;/h2*2-7,10H,8-9,11-12H2,1H3,(H,20,21);/q;;+2/p-2. The van der Waals surface area contributed by atoms with Gasteiger partial charge >= 0.3 is 23.1 Å². The normalized spacial score (nSPS) is 14.5. The third-order valence-electron chi connectivity index (χ3n) is 7.92. The number of methoxy groups -OCH3 is 2. The molecule has 6 rings (SSSR count). The average Bonchev–Trinajstić information content (AvgIpc) is 3.39. The molecule has 4 aromatic carbocycles. The van der Waals surface area contributed by atoms with E-state index in [4.69, 9.17) is 9.47 Å². The van der Waals surface area contributed by atoms with E-state index in [1.54, 1.807) is 38.5 Å². The van der Waals surface area contributed by atoms with Crippen LogP contribution in [0.5, 0.6) is 11.5 Å². The molecule has 0 atom stereocenters. The van der Waals surface area contributed by atoms with Crippen LogP contribution in [0.2, 0.25) is 0 Å². The third-order valence-corrected chi connectivity index (χ3v) is 10.1. The van der Waals surface area contributed by atoms with Crippen LogP contribution in [-0.4, -0.2) is 83.6 Å². The van der Waals surface area contributed by atoms with Gasteiger partial charge in [-0.25, -0.2) is 0 Å². The molecule has 2 aliphatic rings. The van der Waals surface area contributed by atoms with Gasteiger partial charge in [0.1, 0.15) is 11.5 Å². The molecule has 0 saturated carbocycles. The zero-order chi connectivity index (χ0) is 32.5. The molecule has 240 valence electrons. The van der Waals surface area contributed by atoms with E-state index in [9.17, 15) is 19.8 Å². The summed E-state index contributed by atoms with van der Waals surface area (Å²) in [5, 5.41) is 22.5. The molecule has 2 aliphatic heterocycles. The number of carboxylic acid groups (broad SMARTS) is 2. The minimum absolute atomic E-state index is 0. The number of hydrogen-bond donors (Lipinski definition) is 0. The SMILES string of the molecule is COc1ccc2c(c1)CN(Cc1ccccc1C(=O)[O-])CCS2.COc1ccc2c(c1)CN(Cc1ccccc1C(=O)[O-])CCS2.[Mg+2]. The zero-order valence-corrected chi connectivity index (χ0v) is 29.7. The summed E-state index contributed by atoms with van der Waals surface area (Å²) in [7, 11) is 3.33. The van der Waals surface area contributed by atoms with E-state index in [-0.39, 0.29) is 34.2 Å². The number of thioether (sulfide) groups is 2. The van der Waals surface area contributed by atoms with Gasteiger partial charge < -0.3 is 29.3 Å². The van der Waals surface area contributed by atoms with Gasteiger partial charge in [-0.15, -0.1) is 23.5 Å². The summed E-state index contributed by atoms with van der Waals surface area (Å²) in [6.45, 7) is 4.57. The molecule has 0 N–H and O–H groups in total. The maximum atomic E-state index is 11.3. The number of rotatable bonds is 8. The Kier molecular flexibility index (Phi) is 13.9. The van der Waals surface area contributed by atoms with Crippen LogP contribution in [0.25, 0.3) is 0 Å². The molecule has 0 unspecified atom stereocenters. The molecule has 0 amide bonds. The second-order valence-corrected chi connectivity index (χ2v) is 13.2. The van der Waals surface area contributed by atoms with Crippen LogP contribution in [0, 0.1) is 0 Å². The van der Waals surface area contributed by atoms with Crippen LogP contribution in [0.15, 0.2) is 94.7 Å². The van der Waals surface area contributed by atoms with Gasteiger partial charge in [-0.2, -0.15) is 0 Å². The summed E-state index contributed by atoms with van der Waals surface area (Å²) in [5.74, 6) is 1.42. The second kappa shape index (κ2) is 17.8. The summed E-state index contributed by atoms with van der Waals surface area (Å²) < 4.78 is 10.6. The number of carbonyl (C=O) groups excluding carboxylic acids is 2. The van der Waals surface area contributed by atoms with Gasteiger partial charge in [0.2, 0.25) is 0 Å². The fourth-order valence-corrected chi connectivity index (χ4v) is 7.66. The van der Waals surface area contributed by atoms with Crippen molar-refractivity contribution in [3.8, 4) is 11.5 Å². The number of nitrogens with zero attached hydrogens (tertiary/aromatic N) is 2. The molecule has 0 saturated heterocycles. The van der Waals surface area contributed by atoms with Gasteiger partial charge in [0.05, 0.1) is 26.2 Å². The molecule has 0 radical (unpaired) electrons. The summed E-state index contributed by atoms with van der Waals surface area (Å²) in [6.07, 6.45) is 0. The minimum atomic E-state index is -1.12. The molecule has 8 nitrogen and oxygen atoms in total. The molecule has 4 aromatic rings. The number of ether oxygens (including phenoxy) is 2. The Bertz CT molecular complexity index is 1560. The molecular weight excluding hydrogens is 645 g/mol. The van der Waals surface area contributed by atoms with Crippen molar-refractivity contribution in [2.45, 2.75) is 36.0 Å². The van der Waals surface area contributed by atoms with Gasteiger partial charge in [-0.1, -0.05) is 48.5 Å². The van der Waals surface area contributed by atoms with Crippen LogP contribution in [0.1, 0.15) is 43.0 Å². The van der Waals surface area contributed by atoms with E-state index in [2.05, 4.69) is 34.1 Å². The Hall–Kier alpha value is -3.19. The van der Waals surface area contributed by atoms with Crippen molar-refractivity contribution in [3.63, 3.8) is 0 Å². The molecule has 47 heavy (non-hydrogen) atoms. The van der Waals surface area contributed by atoms with Crippen LogP contribution >= 0.6 is 23.5 Å². The van der Waals surface area contributed by atoms with Crippen LogP contribution < -0.4 is 19.7 Å². The molecule has 0 fully saturated rings. The summed E-state index contributed by atoms with van der Waals surface area (Å²) in [5.41, 5.74) is 4.58. The van der Waals surface area contributed by atoms with Crippen molar-refractivity contribution >= 4 is 58.5 Å². The van der Waals surface area contributed by atoms with Crippen molar-refractivity contribution in [2.24, 2.45) is 0 Å². The first-order valence-corrected chi connectivity index (χ1v) is 16.9. The van der Waals surface area contributed by atoms with E-state index < -0.39 is 11.9 Å². The first-order chi connectivity index (χ1) is 22.3. The van der Waals surface area contributed by atoms with Crippen molar-refractivity contribution in [3.05, 3.63) is 118 Å². The average molecular weight is 681 g/mol. The largest absolute Gasteiger partial charge is 2.00 e. The van der Waals surface area contributed by atoms with Gasteiger partial charge in [0.25, 0.3) is 0 Å². The molecule has 0 spiro atoms. The first-order valence-electron chi connectivity index (χ1n) is 15.0. The van der Waals surface area contributed by atoms with Crippen LogP contribution in [0.3, 0.4) is 0 Å². The molecule has 0 aliphatic carbocycles. The van der Waals surface area contributed by atoms with E-state index in [0.717, 1.165) is 60.3 Å². The number of fused-ring (bicyclic) bond motifs is 2. The topological polar surface area (TPSA) is 105 Å². The fraction of sp³-hybridized carbons (Fsp3) is 0.278. The maximum Gasteiger partial charge on any atom is 2.00 e. The predicted molar refractivity (Wildman–Crippen MR) is 183 cm³/mol. The number of hydrogen-bond acceptors (Lipinski definition) is 10. The van der Waals surface area contributed by atoms with Crippen molar-refractivity contribution < 1.29 is 29.3 Å². The Balaban J connectivity index is 0.000000208. The molecule has 2 heterocycles. The van der Waals surface area contributed by atoms with Crippen LogP contribution in [-0.2, 0) is 26.2 Å². The van der Waals surface area contributed by atoms with Crippen molar-refractivity contribution in [1.82, 2.24) is 9.80 Å². The van der Waals surface area contributed by atoms with Gasteiger partial charge in [0.15, 0.2) is 0 Å². The summed E-state index contributed by atoms with van der Waals surface area (Å²) in [4.78, 5) is 29.6. The molecule has 0 aromatic heterocycles. The number of carbonyl (C=O) groups is 2. The smallest absolute Gasteiger partial charge is 0.545 e. The quantitative estimate of drug-likeness (QED) is 0.254. The predicted octanol–water partition coefficient (Wildman–Crippen LogP) is 3.95. The van der Waals surface area contributed by atoms with Crippen LogP contribution in [0.4, 0.5) is 0 Å². The van der Waals surface area contributed by atoms with Crippen molar-refractivity contribution in [1.29, 1.82) is 0 Å². The van der Waals surface area contributed by atoms with E-state index in [1.807, 2.05) is 59.9 Å². The number of aromatic carboxylic acids is 2. The van der Waals surface area contributed by atoms with E-state index >= 15 is 0 Å². The van der Waals surface area contributed by atoms with E-state index in [0.29, 0.717) is 13.1 Å². The Morgan fingerprint density at radius 1 is 0.660 bits per heavy atom. The Morgan fingerprint density at radius 2 is 1.06 bits per heavy atom. The van der Waals surface area contributed by atoms with Gasteiger partial charge in [0, 0.05) is 71.7 Å². The Morgan fingerprint density at radius 3 is 1.45 bits per heavy atom. The van der Waals surface area contributed by atoms with Gasteiger partial charge in [-0.05, 0) is 58.7 Å². The number of benzene rings is 4. The van der Waals surface area contributed by atoms with E-state index in [1.165, 1.54) is 20.9 Å². The Labute approximate surface area is 300 Å². The zero-order valence-electron chi connectivity index (χ0n) is 26.6. The minimum Gasteiger partial charge on any atom is -0.545 e. The molecular formula is C36H36MgN2O6S2. The fourth-order valence-electron chi connectivity index (χ4n) is 5.57. The van der Waals surface area contributed by atoms with Gasteiger partial charge in [-0.3, -0.25) is 9.80 Å². The monoisotopic (exact) mass is 680 g/mol. The third kappa shape index (κ3) is 9.91. The first kappa shape index (κ1) is 36.6. The maximum absolute atomic E-state index is 11.3. The second-order valence-electron chi connectivity index (χ2n) is 11.0. The molecule has 0 bridgehead atoms. The summed E-state index contributed by atoms with van der Waals surface area (Å²) in [6, 6.07) is 26.4. The number of carboxylic acids is 2. The summed E-state index contributed by atoms with van der Waals surface area (Å²) >= 11 is 3.66. The molecule has 11 heteroatoms. The van der Waals surface area contributed by atoms with Crippen molar-refractivity contribution in [2.75, 3.05) is 38.8 Å².